The summed E-state index contributed by atoms with van der Waals surface area (Å²) in [6, 6.07) is 0. The Hall–Kier alpha value is -0.570. The van der Waals surface area contributed by atoms with E-state index in [1.807, 2.05) is 0 Å². The van der Waals surface area contributed by atoms with E-state index in [-0.39, 0.29) is 17.9 Å². The SMILES string of the molecule is O=C1NCCC12CCC(CO)C2. The zero-order valence-electron chi connectivity index (χ0n) is 7.18. The van der Waals surface area contributed by atoms with E-state index in [0.717, 1.165) is 32.2 Å². The van der Waals surface area contributed by atoms with Crippen molar-refractivity contribution in [1.82, 2.24) is 5.32 Å². The summed E-state index contributed by atoms with van der Waals surface area (Å²) in [6.45, 7) is 1.08. The van der Waals surface area contributed by atoms with Crippen LogP contribution in [0.2, 0.25) is 0 Å². The van der Waals surface area contributed by atoms with Gasteiger partial charge in [0.05, 0.1) is 5.41 Å². The van der Waals surface area contributed by atoms with Gasteiger partial charge in [-0.1, -0.05) is 0 Å². The van der Waals surface area contributed by atoms with Crippen LogP contribution in [-0.4, -0.2) is 24.2 Å². The van der Waals surface area contributed by atoms with E-state index in [9.17, 15) is 4.79 Å². The van der Waals surface area contributed by atoms with Crippen molar-refractivity contribution < 1.29 is 9.90 Å². The number of hydrogen-bond donors (Lipinski definition) is 2. The summed E-state index contributed by atoms with van der Waals surface area (Å²) in [6.07, 6.45) is 3.87. The molecule has 2 N–H and O–H groups in total. The van der Waals surface area contributed by atoms with Crippen molar-refractivity contribution in [2.75, 3.05) is 13.2 Å². The first-order valence-electron chi connectivity index (χ1n) is 4.66. The molecule has 12 heavy (non-hydrogen) atoms. The topological polar surface area (TPSA) is 49.3 Å². The van der Waals surface area contributed by atoms with Crippen LogP contribution in [0.1, 0.15) is 25.7 Å². The number of amides is 1. The van der Waals surface area contributed by atoms with Crippen molar-refractivity contribution in [3.8, 4) is 0 Å². The predicted molar refractivity (Wildman–Crippen MR) is 44.5 cm³/mol. The number of aliphatic hydroxyl groups excluding tert-OH is 1. The van der Waals surface area contributed by atoms with Gasteiger partial charge in [0.15, 0.2) is 0 Å². The van der Waals surface area contributed by atoms with E-state index in [2.05, 4.69) is 5.32 Å². The summed E-state index contributed by atoms with van der Waals surface area (Å²) >= 11 is 0. The van der Waals surface area contributed by atoms with Crippen LogP contribution in [0.4, 0.5) is 0 Å². The average molecular weight is 169 g/mol. The monoisotopic (exact) mass is 169 g/mol. The fraction of sp³-hybridized carbons (Fsp3) is 0.889. The van der Waals surface area contributed by atoms with Gasteiger partial charge in [0.1, 0.15) is 0 Å². The third kappa shape index (κ3) is 1.04. The Balaban J connectivity index is 2.08. The molecule has 0 aromatic heterocycles. The van der Waals surface area contributed by atoms with Crippen molar-refractivity contribution >= 4 is 5.91 Å². The zero-order valence-corrected chi connectivity index (χ0v) is 7.18. The molecule has 2 aliphatic rings. The minimum atomic E-state index is -0.0899. The van der Waals surface area contributed by atoms with E-state index < -0.39 is 0 Å². The lowest BCUT2D eigenvalue weighted by Crippen LogP contribution is -2.28. The minimum absolute atomic E-state index is 0.0899. The molecule has 2 atom stereocenters. The lowest BCUT2D eigenvalue weighted by molar-refractivity contribution is -0.127. The van der Waals surface area contributed by atoms with Gasteiger partial charge in [0.2, 0.25) is 5.91 Å². The zero-order chi connectivity index (χ0) is 8.60. The van der Waals surface area contributed by atoms with Crippen LogP contribution in [0.15, 0.2) is 0 Å². The molecule has 0 bridgehead atoms. The highest BCUT2D eigenvalue weighted by atomic mass is 16.3. The molecule has 1 heterocycles. The maximum atomic E-state index is 11.5. The Morgan fingerprint density at radius 1 is 1.58 bits per heavy atom. The fourth-order valence-corrected chi connectivity index (χ4v) is 2.54. The van der Waals surface area contributed by atoms with Gasteiger partial charge in [-0.25, -0.2) is 0 Å². The first kappa shape index (κ1) is 8.05. The van der Waals surface area contributed by atoms with E-state index in [1.54, 1.807) is 0 Å². The van der Waals surface area contributed by atoms with Gasteiger partial charge in [-0.05, 0) is 31.6 Å². The Labute approximate surface area is 72.2 Å². The van der Waals surface area contributed by atoms with Crippen LogP contribution in [0.25, 0.3) is 0 Å². The van der Waals surface area contributed by atoms with Crippen molar-refractivity contribution in [1.29, 1.82) is 0 Å². The molecule has 1 aliphatic heterocycles. The molecule has 2 fully saturated rings. The smallest absolute Gasteiger partial charge is 0.226 e. The van der Waals surface area contributed by atoms with Crippen molar-refractivity contribution in [3.63, 3.8) is 0 Å². The summed E-state index contributed by atoms with van der Waals surface area (Å²) in [5.41, 5.74) is -0.0899. The molecule has 0 aromatic rings. The number of aliphatic hydroxyl groups is 1. The van der Waals surface area contributed by atoms with Crippen LogP contribution in [0.3, 0.4) is 0 Å². The van der Waals surface area contributed by atoms with E-state index in [4.69, 9.17) is 5.11 Å². The molecule has 1 spiro atoms. The van der Waals surface area contributed by atoms with Gasteiger partial charge in [-0.15, -0.1) is 0 Å². The van der Waals surface area contributed by atoms with Crippen LogP contribution < -0.4 is 5.32 Å². The quantitative estimate of drug-likeness (QED) is 0.592. The first-order chi connectivity index (χ1) is 5.77. The summed E-state index contributed by atoms with van der Waals surface area (Å²) in [7, 11) is 0. The van der Waals surface area contributed by atoms with Gasteiger partial charge in [0, 0.05) is 13.2 Å². The Morgan fingerprint density at radius 3 is 2.92 bits per heavy atom. The maximum Gasteiger partial charge on any atom is 0.226 e. The van der Waals surface area contributed by atoms with Crippen LogP contribution in [0.5, 0.6) is 0 Å². The van der Waals surface area contributed by atoms with Gasteiger partial charge in [-0.2, -0.15) is 0 Å². The highest BCUT2D eigenvalue weighted by Crippen LogP contribution is 2.46. The summed E-state index contributed by atoms with van der Waals surface area (Å²) < 4.78 is 0. The highest BCUT2D eigenvalue weighted by Gasteiger charge is 2.47. The standard InChI is InChI=1S/C9H15NO2/c11-6-7-1-2-9(5-7)3-4-10-8(9)12/h7,11H,1-6H2,(H,10,12). The molecule has 0 aromatic carbocycles. The Kier molecular flexibility index (Phi) is 1.83. The van der Waals surface area contributed by atoms with Crippen molar-refractivity contribution in [3.05, 3.63) is 0 Å². The summed E-state index contributed by atoms with van der Waals surface area (Å²) in [5, 5.41) is 11.8. The van der Waals surface area contributed by atoms with Gasteiger partial charge in [-0.3, -0.25) is 4.79 Å². The second-order valence-corrected chi connectivity index (χ2v) is 4.08. The number of nitrogens with one attached hydrogen (secondary N) is 1. The molecule has 1 saturated carbocycles. The molecule has 1 amide bonds. The van der Waals surface area contributed by atoms with Crippen LogP contribution in [0, 0.1) is 11.3 Å². The number of carbonyl (C=O) groups is 1. The molecular weight excluding hydrogens is 154 g/mol. The Bertz CT molecular complexity index is 205. The molecule has 3 heteroatoms. The number of rotatable bonds is 1. The molecule has 1 aliphatic carbocycles. The molecule has 2 rings (SSSR count). The summed E-state index contributed by atoms with van der Waals surface area (Å²) in [4.78, 5) is 11.5. The third-order valence-corrected chi connectivity index (χ3v) is 3.34. The van der Waals surface area contributed by atoms with Gasteiger partial charge < -0.3 is 10.4 Å². The molecule has 1 saturated heterocycles. The van der Waals surface area contributed by atoms with E-state index in [1.165, 1.54) is 0 Å². The second-order valence-electron chi connectivity index (χ2n) is 4.08. The lowest BCUT2D eigenvalue weighted by Gasteiger charge is -2.18. The highest BCUT2D eigenvalue weighted by molar-refractivity contribution is 5.84. The average Bonchev–Trinajstić information content (AvgIpc) is 2.63. The molecule has 0 radical (unpaired) electrons. The molecule has 3 nitrogen and oxygen atoms in total. The van der Waals surface area contributed by atoms with Crippen LogP contribution in [-0.2, 0) is 4.79 Å². The first-order valence-corrected chi connectivity index (χ1v) is 4.66. The van der Waals surface area contributed by atoms with E-state index >= 15 is 0 Å². The predicted octanol–water partition coefficient (Wildman–Crippen LogP) is 0.285. The van der Waals surface area contributed by atoms with Crippen molar-refractivity contribution in [2.24, 2.45) is 11.3 Å². The molecule has 68 valence electrons. The number of hydrogen-bond acceptors (Lipinski definition) is 2. The Morgan fingerprint density at radius 2 is 2.42 bits per heavy atom. The normalized spacial score (nSPS) is 40.8. The minimum Gasteiger partial charge on any atom is -0.396 e. The maximum absolute atomic E-state index is 11.5. The third-order valence-electron chi connectivity index (χ3n) is 3.34. The van der Waals surface area contributed by atoms with Crippen molar-refractivity contribution in [2.45, 2.75) is 25.7 Å². The molecular formula is C9H15NO2. The van der Waals surface area contributed by atoms with Gasteiger partial charge in [0.25, 0.3) is 0 Å². The molecule has 2 unspecified atom stereocenters. The van der Waals surface area contributed by atoms with Crippen LogP contribution >= 0.6 is 0 Å². The largest absolute Gasteiger partial charge is 0.396 e. The summed E-state index contributed by atoms with van der Waals surface area (Å²) in [5.74, 6) is 0.590. The second kappa shape index (κ2) is 2.73. The lowest BCUT2D eigenvalue weighted by atomic mass is 9.84. The van der Waals surface area contributed by atoms with E-state index in [0.29, 0.717) is 5.92 Å². The number of carbonyl (C=O) groups excluding carboxylic acids is 1. The van der Waals surface area contributed by atoms with Gasteiger partial charge >= 0.3 is 0 Å². The fourth-order valence-electron chi connectivity index (χ4n) is 2.54.